The van der Waals surface area contributed by atoms with Gasteiger partial charge in [0.15, 0.2) is 0 Å². The molecule has 3 aromatic rings. The van der Waals surface area contributed by atoms with Crippen LogP contribution >= 0.6 is 0 Å². The van der Waals surface area contributed by atoms with Gasteiger partial charge in [0.2, 0.25) is 0 Å². The van der Waals surface area contributed by atoms with Gasteiger partial charge in [-0.15, -0.1) is 0 Å². The Bertz CT molecular complexity index is 975. The Morgan fingerprint density at radius 3 is 2.70 bits per heavy atom. The predicted octanol–water partition coefficient (Wildman–Crippen LogP) is 3.81. The van der Waals surface area contributed by atoms with Crippen LogP contribution in [-0.2, 0) is 4.74 Å². The number of carbonyl (C=O) groups is 1. The van der Waals surface area contributed by atoms with Gasteiger partial charge in [-0.05, 0) is 45.9 Å². The maximum Gasteiger partial charge on any atom is 0.435 e. The lowest BCUT2D eigenvalue weighted by Gasteiger charge is -2.18. The van der Waals surface area contributed by atoms with Crippen molar-refractivity contribution in [3.8, 4) is 22.8 Å². The van der Waals surface area contributed by atoms with Crippen molar-refractivity contribution < 1.29 is 14.3 Å². The summed E-state index contributed by atoms with van der Waals surface area (Å²) in [4.78, 5) is 20.6. The molecule has 8 nitrogen and oxygen atoms in total. The molecular formula is C19H21N5O3. The van der Waals surface area contributed by atoms with Crippen LogP contribution in [0, 0.1) is 6.92 Å². The zero-order valence-electron chi connectivity index (χ0n) is 15.6. The van der Waals surface area contributed by atoms with Crippen LogP contribution in [0.3, 0.4) is 0 Å². The summed E-state index contributed by atoms with van der Waals surface area (Å²) in [5.41, 5.74) is 7.03. The second-order valence-corrected chi connectivity index (χ2v) is 6.95. The van der Waals surface area contributed by atoms with Crippen LogP contribution in [0.1, 0.15) is 26.5 Å². The fourth-order valence-electron chi connectivity index (χ4n) is 2.30. The molecular weight excluding hydrogens is 346 g/mol. The second-order valence-electron chi connectivity index (χ2n) is 6.95. The maximum atomic E-state index is 12.1. The molecule has 8 heteroatoms. The summed E-state index contributed by atoms with van der Waals surface area (Å²) < 4.78 is 12.3. The van der Waals surface area contributed by atoms with E-state index in [1.165, 1.54) is 0 Å². The number of nitrogens with zero attached hydrogens (tertiary/aromatic N) is 4. The Balaban J connectivity index is 1.81. The number of ether oxygens (including phenoxy) is 2. The minimum atomic E-state index is -0.597. The number of hydrogen-bond donors (Lipinski definition) is 1. The number of nitrogens with two attached hydrogens (primary N) is 1. The number of pyridine rings is 2. The number of anilines is 1. The Morgan fingerprint density at radius 1 is 1.22 bits per heavy atom. The van der Waals surface area contributed by atoms with E-state index in [-0.39, 0.29) is 0 Å². The summed E-state index contributed by atoms with van der Waals surface area (Å²) in [5.74, 6) is 1.62. The van der Waals surface area contributed by atoms with E-state index < -0.39 is 11.7 Å². The van der Waals surface area contributed by atoms with Gasteiger partial charge in [0.1, 0.15) is 22.9 Å². The SMILES string of the molecule is Cc1nc(N)ccc1Oc1ccnc(-c2cnn(C(=O)OC(C)(C)C)c2)c1. The monoisotopic (exact) mass is 367 g/mol. The fourth-order valence-corrected chi connectivity index (χ4v) is 2.30. The molecule has 0 aliphatic heterocycles. The molecule has 0 radical (unpaired) electrons. The predicted molar refractivity (Wildman–Crippen MR) is 101 cm³/mol. The molecule has 3 rings (SSSR count). The van der Waals surface area contributed by atoms with Gasteiger partial charge < -0.3 is 15.2 Å². The van der Waals surface area contributed by atoms with Crippen molar-refractivity contribution in [1.29, 1.82) is 0 Å². The highest BCUT2D eigenvalue weighted by molar-refractivity contribution is 5.72. The number of hydrogen-bond acceptors (Lipinski definition) is 7. The highest BCUT2D eigenvalue weighted by Crippen LogP contribution is 2.27. The molecule has 0 saturated carbocycles. The molecule has 0 atom stereocenters. The van der Waals surface area contributed by atoms with Crippen molar-refractivity contribution in [3.63, 3.8) is 0 Å². The molecule has 0 unspecified atom stereocenters. The minimum absolute atomic E-state index is 0.435. The molecule has 3 aromatic heterocycles. The van der Waals surface area contributed by atoms with Crippen molar-refractivity contribution in [2.24, 2.45) is 0 Å². The van der Waals surface area contributed by atoms with Gasteiger partial charge in [-0.1, -0.05) is 0 Å². The fraction of sp³-hybridized carbons (Fsp3) is 0.263. The number of aryl methyl sites for hydroxylation is 1. The maximum absolute atomic E-state index is 12.1. The third kappa shape index (κ3) is 4.60. The lowest BCUT2D eigenvalue weighted by atomic mass is 10.2. The number of carbonyl (C=O) groups excluding carboxylic acids is 1. The van der Waals surface area contributed by atoms with E-state index in [0.29, 0.717) is 34.3 Å². The topological polar surface area (TPSA) is 105 Å². The van der Waals surface area contributed by atoms with Crippen molar-refractivity contribution in [2.45, 2.75) is 33.3 Å². The third-order valence-electron chi connectivity index (χ3n) is 3.48. The smallest absolute Gasteiger partial charge is 0.435 e. The Labute approximate surface area is 157 Å². The number of rotatable bonds is 3. The molecule has 2 N–H and O–H groups in total. The summed E-state index contributed by atoms with van der Waals surface area (Å²) in [7, 11) is 0. The average molecular weight is 367 g/mol. The van der Waals surface area contributed by atoms with Crippen molar-refractivity contribution in [2.75, 3.05) is 5.73 Å². The molecule has 0 spiro atoms. The Morgan fingerprint density at radius 2 is 2.00 bits per heavy atom. The first-order valence-electron chi connectivity index (χ1n) is 8.37. The molecule has 0 saturated heterocycles. The van der Waals surface area contributed by atoms with Crippen LogP contribution in [-0.4, -0.2) is 31.4 Å². The van der Waals surface area contributed by atoms with Crippen molar-refractivity contribution in [1.82, 2.24) is 19.7 Å². The molecule has 0 bridgehead atoms. The Hall–Kier alpha value is -3.42. The van der Waals surface area contributed by atoms with Gasteiger partial charge in [0, 0.05) is 24.0 Å². The Kier molecular flexibility index (Phi) is 4.81. The lowest BCUT2D eigenvalue weighted by molar-refractivity contribution is 0.0514. The van der Waals surface area contributed by atoms with Gasteiger partial charge in [-0.25, -0.2) is 9.78 Å². The standard InChI is InChI=1S/C19H21N5O3/c1-12-16(5-6-17(20)23-12)26-14-7-8-21-15(9-14)13-10-22-24(11-13)18(25)27-19(2,3)4/h5-11H,1-4H3,(H2,20,23). The largest absolute Gasteiger partial charge is 0.455 e. The highest BCUT2D eigenvalue weighted by atomic mass is 16.6. The quantitative estimate of drug-likeness (QED) is 0.750. The second kappa shape index (κ2) is 7.06. The number of aromatic nitrogens is 4. The van der Waals surface area contributed by atoms with Crippen LogP contribution in [0.2, 0.25) is 0 Å². The third-order valence-corrected chi connectivity index (χ3v) is 3.48. The summed E-state index contributed by atoms with van der Waals surface area (Å²) in [6, 6.07) is 6.93. The van der Waals surface area contributed by atoms with Crippen LogP contribution in [0.4, 0.5) is 10.6 Å². The highest BCUT2D eigenvalue weighted by Gasteiger charge is 2.19. The first-order chi connectivity index (χ1) is 12.7. The van der Waals surface area contributed by atoms with Crippen LogP contribution in [0.15, 0.2) is 42.9 Å². The van der Waals surface area contributed by atoms with E-state index in [4.69, 9.17) is 15.2 Å². The summed E-state index contributed by atoms with van der Waals surface area (Å²) in [5, 5.41) is 4.05. The van der Waals surface area contributed by atoms with Gasteiger partial charge in [-0.3, -0.25) is 4.98 Å². The molecule has 0 aliphatic carbocycles. The van der Waals surface area contributed by atoms with Gasteiger partial charge >= 0.3 is 6.09 Å². The van der Waals surface area contributed by atoms with Crippen LogP contribution < -0.4 is 10.5 Å². The molecule has 0 aromatic carbocycles. The molecule has 140 valence electrons. The average Bonchev–Trinajstić information content (AvgIpc) is 3.06. The zero-order valence-corrected chi connectivity index (χ0v) is 15.6. The van der Waals surface area contributed by atoms with E-state index in [9.17, 15) is 4.79 Å². The molecule has 0 aliphatic rings. The first-order valence-corrected chi connectivity index (χ1v) is 8.37. The molecule has 0 amide bonds. The molecule has 3 heterocycles. The molecule has 0 fully saturated rings. The van der Waals surface area contributed by atoms with Crippen molar-refractivity contribution in [3.05, 3.63) is 48.5 Å². The lowest BCUT2D eigenvalue weighted by Crippen LogP contribution is -2.27. The van der Waals surface area contributed by atoms with E-state index in [1.54, 1.807) is 63.6 Å². The minimum Gasteiger partial charge on any atom is -0.455 e. The normalized spacial score (nSPS) is 11.3. The van der Waals surface area contributed by atoms with E-state index in [1.807, 2.05) is 6.92 Å². The van der Waals surface area contributed by atoms with Crippen LogP contribution in [0.25, 0.3) is 11.3 Å². The van der Waals surface area contributed by atoms with E-state index in [2.05, 4.69) is 15.1 Å². The van der Waals surface area contributed by atoms with E-state index in [0.717, 1.165) is 4.68 Å². The summed E-state index contributed by atoms with van der Waals surface area (Å²) in [6.45, 7) is 7.21. The van der Waals surface area contributed by atoms with E-state index >= 15 is 0 Å². The van der Waals surface area contributed by atoms with Gasteiger partial charge in [0.25, 0.3) is 0 Å². The number of nitrogen functional groups attached to an aromatic ring is 1. The summed E-state index contributed by atoms with van der Waals surface area (Å²) >= 11 is 0. The van der Waals surface area contributed by atoms with Gasteiger partial charge in [-0.2, -0.15) is 9.78 Å². The van der Waals surface area contributed by atoms with Crippen LogP contribution in [0.5, 0.6) is 11.5 Å². The summed E-state index contributed by atoms with van der Waals surface area (Å²) in [6.07, 6.45) is 4.18. The first kappa shape index (κ1) is 18.4. The molecule has 27 heavy (non-hydrogen) atoms. The zero-order chi connectivity index (χ0) is 19.6. The van der Waals surface area contributed by atoms with Gasteiger partial charge in [0.05, 0.1) is 17.6 Å². The van der Waals surface area contributed by atoms with Crippen molar-refractivity contribution >= 4 is 11.9 Å².